The van der Waals surface area contributed by atoms with Gasteiger partial charge >= 0.3 is 58.4 Å². The maximum atomic E-state index is 12.7. The van der Waals surface area contributed by atoms with E-state index in [4.69, 9.17) is 5.11 Å². The van der Waals surface area contributed by atoms with E-state index in [1.807, 2.05) is 0 Å². The first-order valence-corrected chi connectivity index (χ1v) is 3.54. The van der Waals surface area contributed by atoms with Gasteiger partial charge in [0.1, 0.15) is 0 Å². The fourth-order valence-corrected chi connectivity index (χ4v) is 0.934. The summed E-state index contributed by atoms with van der Waals surface area (Å²) in [5.41, 5.74) is -1.13. The van der Waals surface area contributed by atoms with Crippen LogP contribution in [0, 0.1) is 5.82 Å². The van der Waals surface area contributed by atoms with E-state index in [9.17, 15) is 17.3 Å². The predicted molar refractivity (Wildman–Crippen MR) is 41.0 cm³/mol. The quantitative estimate of drug-likeness (QED) is 0.480. The summed E-state index contributed by atoms with van der Waals surface area (Å²) in [6.07, 6.45) is 0. The van der Waals surface area contributed by atoms with Crippen molar-refractivity contribution in [1.82, 2.24) is 0 Å². The number of hydrogen-bond donors (Lipinski definition) is 1. The number of aliphatic hydroxyl groups is 1. The first-order valence-electron chi connectivity index (χ1n) is 3.54. The third kappa shape index (κ3) is 3.63. The van der Waals surface area contributed by atoms with Crippen molar-refractivity contribution in [3.8, 4) is 0 Å². The summed E-state index contributed by atoms with van der Waals surface area (Å²) in [5.74, 6) is -1.33. The molecule has 0 amide bonds. The van der Waals surface area contributed by atoms with Crippen LogP contribution in [0.1, 0.15) is 5.56 Å². The minimum Gasteiger partial charge on any atom is -0.445 e. The Morgan fingerprint density at radius 2 is 1.79 bits per heavy atom. The van der Waals surface area contributed by atoms with Gasteiger partial charge < -0.3 is 18.1 Å². The second kappa shape index (κ2) is 5.62. The van der Waals surface area contributed by atoms with Gasteiger partial charge in [0, 0.05) is 0 Å². The minimum atomic E-state index is -5.31. The van der Waals surface area contributed by atoms with Crippen LogP contribution in [0.15, 0.2) is 18.2 Å². The molecular formula is C7H6BF4KO. The molecule has 1 nitrogen and oxygen atoms in total. The normalized spacial score (nSPS) is 10.9. The van der Waals surface area contributed by atoms with Crippen molar-refractivity contribution in [1.29, 1.82) is 0 Å². The molecule has 72 valence electrons. The van der Waals surface area contributed by atoms with Crippen LogP contribution in [0.25, 0.3) is 0 Å². The van der Waals surface area contributed by atoms with Gasteiger partial charge in [-0.1, -0.05) is 17.6 Å². The number of aliphatic hydroxyl groups excluding tert-OH is 1. The molecule has 7 heteroatoms. The van der Waals surface area contributed by atoms with Crippen LogP contribution >= 0.6 is 0 Å². The van der Waals surface area contributed by atoms with Crippen molar-refractivity contribution in [3.05, 3.63) is 29.6 Å². The Morgan fingerprint density at radius 3 is 2.14 bits per heavy atom. The third-order valence-corrected chi connectivity index (χ3v) is 1.60. The molecule has 0 aliphatic carbocycles. The molecule has 0 bridgehead atoms. The molecule has 0 heterocycles. The molecule has 1 aromatic carbocycles. The van der Waals surface area contributed by atoms with E-state index in [1.165, 1.54) is 0 Å². The van der Waals surface area contributed by atoms with Gasteiger partial charge in [-0.15, -0.1) is 0 Å². The molecule has 0 spiro atoms. The van der Waals surface area contributed by atoms with Gasteiger partial charge in [0.05, 0.1) is 12.4 Å². The molecule has 1 rings (SSSR count). The number of halogens is 4. The standard InChI is InChI=1S/C7H6BF4O.K/c9-7-3-5(4-13)1-2-6(7)8(10,11)12;/h1-3,13H,4H2;/q-1;+1. The van der Waals surface area contributed by atoms with E-state index in [-0.39, 0.29) is 56.9 Å². The van der Waals surface area contributed by atoms with Gasteiger partial charge in [0.2, 0.25) is 0 Å². The van der Waals surface area contributed by atoms with Gasteiger partial charge in [0.15, 0.2) is 0 Å². The second-order valence-electron chi connectivity index (χ2n) is 2.59. The van der Waals surface area contributed by atoms with Crippen LogP contribution < -0.4 is 56.8 Å². The van der Waals surface area contributed by atoms with Crippen molar-refractivity contribution >= 4 is 12.4 Å². The molecule has 0 fully saturated rings. The van der Waals surface area contributed by atoms with E-state index >= 15 is 0 Å². The Balaban J connectivity index is 0.00000169. The Bertz CT molecular complexity index is 315. The topological polar surface area (TPSA) is 20.2 Å². The Hall–Kier alpha value is 0.601. The molecule has 14 heavy (non-hydrogen) atoms. The van der Waals surface area contributed by atoms with Crippen LogP contribution in [-0.2, 0) is 6.61 Å². The van der Waals surface area contributed by atoms with E-state index in [2.05, 4.69) is 0 Å². The molecule has 1 aromatic rings. The zero-order valence-corrected chi connectivity index (χ0v) is 10.6. The summed E-state index contributed by atoms with van der Waals surface area (Å²) in [7, 11) is 0. The minimum absolute atomic E-state index is 0. The summed E-state index contributed by atoms with van der Waals surface area (Å²) >= 11 is 0. The fraction of sp³-hybridized carbons (Fsp3) is 0.143. The van der Waals surface area contributed by atoms with Crippen LogP contribution in [0.5, 0.6) is 0 Å². The molecule has 0 unspecified atom stereocenters. The van der Waals surface area contributed by atoms with Gasteiger partial charge in [-0.05, 0) is 11.6 Å². The maximum absolute atomic E-state index is 12.7. The van der Waals surface area contributed by atoms with Gasteiger partial charge in [-0.25, -0.2) is 4.39 Å². The molecule has 0 saturated carbocycles. The summed E-state index contributed by atoms with van der Waals surface area (Å²) in [4.78, 5) is 0. The molecular weight excluding hydrogens is 226 g/mol. The average Bonchev–Trinajstić information content (AvgIpc) is 2.01. The average molecular weight is 232 g/mol. The van der Waals surface area contributed by atoms with Crippen LogP contribution in [0.4, 0.5) is 17.3 Å². The SMILES string of the molecule is OCc1ccc([B-](F)(F)F)c(F)c1.[K+]. The van der Waals surface area contributed by atoms with Crippen molar-refractivity contribution in [3.63, 3.8) is 0 Å². The smallest absolute Gasteiger partial charge is 0.445 e. The van der Waals surface area contributed by atoms with Crippen molar-refractivity contribution < 1.29 is 73.8 Å². The molecule has 0 radical (unpaired) electrons. The van der Waals surface area contributed by atoms with Crippen molar-refractivity contribution in [2.45, 2.75) is 6.61 Å². The van der Waals surface area contributed by atoms with Gasteiger partial charge in [-0.2, -0.15) is 0 Å². The van der Waals surface area contributed by atoms with Crippen LogP contribution in [-0.4, -0.2) is 12.1 Å². The van der Waals surface area contributed by atoms with Gasteiger partial charge in [0.25, 0.3) is 0 Å². The molecule has 0 aromatic heterocycles. The third-order valence-electron chi connectivity index (χ3n) is 1.60. The summed E-state index contributed by atoms with van der Waals surface area (Å²) < 4.78 is 48.9. The number of rotatable bonds is 2. The second-order valence-corrected chi connectivity index (χ2v) is 2.59. The van der Waals surface area contributed by atoms with Crippen LogP contribution in [0.3, 0.4) is 0 Å². The van der Waals surface area contributed by atoms with Crippen LogP contribution in [0.2, 0.25) is 0 Å². The molecule has 0 saturated heterocycles. The molecule has 1 N–H and O–H groups in total. The monoisotopic (exact) mass is 232 g/mol. The summed E-state index contributed by atoms with van der Waals surface area (Å²) in [6.45, 7) is -5.78. The Morgan fingerprint density at radius 1 is 1.21 bits per heavy atom. The van der Waals surface area contributed by atoms with E-state index in [0.717, 1.165) is 6.07 Å². The van der Waals surface area contributed by atoms with Crippen molar-refractivity contribution in [2.24, 2.45) is 0 Å². The van der Waals surface area contributed by atoms with Crippen molar-refractivity contribution in [2.75, 3.05) is 0 Å². The molecule has 0 aliphatic heterocycles. The van der Waals surface area contributed by atoms with E-state index < -0.39 is 24.9 Å². The van der Waals surface area contributed by atoms with Gasteiger partial charge in [-0.3, -0.25) is 0 Å². The number of hydrogen-bond acceptors (Lipinski definition) is 1. The fourth-order valence-electron chi connectivity index (χ4n) is 0.934. The summed E-state index contributed by atoms with van der Waals surface area (Å²) in [6, 6.07) is 2.37. The Kier molecular flexibility index (Phi) is 5.86. The zero-order valence-electron chi connectivity index (χ0n) is 7.48. The largest absolute Gasteiger partial charge is 1.00 e. The number of benzene rings is 1. The van der Waals surface area contributed by atoms with E-state index in [1.54, 1.807) is 0 Å². The molecule has 0 atom stereocenters. The first kappa shape index (κ1) is 14.6. The van der Waals surface area contributed by atoms with E-state index in [0.29, 0.717) is 12.1 Å². The maximum Gasteiger partial charge on any atom is 1.00 e. The zero-order chi connectivity index (χ0) is 10.1. The predicted octanol–water partition coefficient (Wildman–Crippen LogP) is -1.62. The Labute approximate surface area is 121 Å². The first-order chi connectivity index (χ1) is 5.95. The summed E-state index contributed by atoms with van der Waals surface area (Å²) in [5, 5.41) is 8.51. The molecule has 0 aliphatic rings.